The second-order valence-corrected chi connectivity index (χ2v) is 9.92. The molecule has 174 valence electrons. The van der Waals surface area contributed by atoms with E-state index in [0.717, 1.165) is 39.8 Å². The number of nitrogens with two attached hydrogens (primary N) is 1. The van der Waals surface area contributed by atoms with Crippen LogP contribution in [0.5, 0.6) is 0 Å². The zero-order chi connectivity index (χ0) is 23.4. The molecule has 0 fully saturated rings. The van der Waals surface area contributed by atoms with Gasteiger partial charge in [0, 0.05) is 32.0 Å². The van der Waals surface area contributed by atoms with E-state index < -0.39 is 10.0 Å². The summed E-state index contributed by atoms with van der Waals surface area (Å²) in [7, 11) is -1.52. The number of nitrogens with one attached hydrogen (secondary N) is 1. The molecule has 0 saturated heterocycles. The molecule has 4 aromatic rings. The lowest BCUT2D eigenvalue weighted by Gasteiger charge is -2.12. The molecule has 9 heteroatoms. The molecule has 8 nitrogen and oxygen atoms in total. The molecule has 0 amide bonds. The first-order valence-electron chi connectivity index (χ1n) is 10.9. The van der Waals surface area contributed by atoms with E-state index in [9.17, 15) is 8.42 Å². The summed E-state index contributed by atoms with van der Waals surface area (Å²) in [5, 5.41) is 0.990. The molecule has 0 aliphatic heterocycles. The maximum atomic E-state index is 11.3. The van der Waals surface area contributed by atoms with Crippen LogP contribution in [0.4, 0.5) is 5.82 Å². The van der Waals surface area contributed by atoms with Gasteiger partial charge < -0.3 is 15.0 Å². The number of benzene rings is 2. The van der Waals surface area contributed by atoms with Crippen molar-refractivity contribution < 1.29 is 13.2 Å². The van der Waals surface area contributed by atoms with Crippen molar-refractivity contribution in [2.45, 2.75) is 25.8 Å². The topological polar surface area (TPSA) is 112 Å². The van der Waals surface area contributed by atoms with Gasteiger partial charge in [-0.1, -0.05) is 42.5 Å². The number of imidazole rings is 1. The number of pyridine rings is 1. The lowest BCUT2D eigenvalue weighted by molar-refractivity contribution is 0.199. The number of fused-ring (bicyclic) bond motifs is 3. The van der Waals surface area contributed by atoms with Crippen molar-refractivity contribution in [2.75, 3.05) is 32.3 Å². The van der Waals surface area contributed by atoms with Crippen molar-refractivity contribution in [3.8, 4) is 11.1 Å². The molecule has 2 heterocycles. The Morgan fingerprint density at radius 3 is 2.58 bits per heavy atom. The highest BCUT2D eigenvalue weighted by molar-refractivity contribution is 7.88. The molecule has 0 saturated carbocycles. The van der Waals surface area contributed by atoms with Crippen LogP contribution in [0.15, 0.2) is 48.5 Å². The minimum atomic E-state index is -3.19. The average Bonchev–Trinajstić information content (AvgIpc) is 3.16. The predicted octanol–water partition coefficient (Wildman–Crippen LogP) is 3.35. The molecule has 2 aromatic carbocycles. The molecule has 0 unspecified atom stereocenters. The van der Waals surface area contributed by atoms with Crippen LogP contribution >= 0.6 is 0 Å². The van der Waals surface area contributed by atoms with Gasteiger partial charge in [-0.05, 0) is 30.0 Å². The summed E-state index contributed by atoms with van der Waals surface area (Å²) in [4.78, 5) is 9.46. The van der Waals surface area contributed by atoms with Gasteiger partial charge in [-0.2, -0.15) is 0 Å². The van der Waals surface area contributed by atoms with E-state index in [1.54, 1.807) is 7.11 Å². The number of ether oxygens (including phenoxy) is 1. The molecular formula is C24H29N5O3S. The fourth-order valence-electron chi connectivity index (χ4n) is 4.05. The Bertz CT molecular complexity index is 1370. The van der Waals surface area contributed by atoms with Gasteiger partial charge in [0.1, 0.15) is 11.3 Å². The first-order chi connectivity index (χ1) is 15.9. The van der Waals surface area contributed by atoms with Crippen LogP contribution in [0.1, 0.15) is 18.7 Å². The summed E-state index contributed by atoms with van der Waals surface area (Å²) in [6, 6.07) is 16.4. The minimum absolute atomic E-state index is 0.402. The summed E-state index contributed by atoms with van der Waals surface area (Å²) < 4.78 is 32.7. The summed E-state index contributed by atoms with van der Waals surface area (Å²) in [6.07, 6.45) is 3.33. The van der Waals surface area contributed by atoms with Crippen LogP contribution < -0.4 is 10.5 Å². The van der Waals surface area contributed by atoms with Crippen molar-refractivity contribution in [2.24, 2.45) is 0 Å². The number of methoxy groups -OCH3 is 1. The normalized spacial score (nSPS) is 12.1. The van der Waals surface area contributed by atoms with Crippen LogP contribution in [0, 0.1) is 0 Å². The van der Waals surface area contributed by atoms with E-state index in [4.69, 9.17) is 15.5 Å². The van der Waals surface area contributed by atoms with Gasteiger partial charge in [0.15, 0.2) is 5.82 Å². The van der Waals surface area contributed by atoms with Gasteiger partial charge in [0.2, 0.25) is 10.0 Å². The largest absolute Gasteiger partial charge is 0.384 e. The molecule has 0 spiro atoms. The number of nitrogen functional groups attached to an aromatic ring is 1. The Kier molecular flexibility index (Phi) is 6.92. The minimum Gasteiger partial charge on any atom is -0.384 e. The molecule has 0 atom stereocenters. The third-order valence-electron chi connectivity index (χ3n) is 5.59. The number of unbranched alkanes of at least 4 members (excludes halogenated alkanes) is 1. The molecule has 0 bridgehead atoms. The quantitative estimate of drug-likeness (QED) is 0.346. The Morgan fingerprint density at radius 1 is 1.06 bits per heavy atom. The molecular weight excluding hydrogens is 438 g/mol. The third-order valence-corrected chi connectivity index (χ3v) is 6.32. The van der Waals surface area contributed by atoms with E-state index in [-0.39, 0.29) is 0 Å². The van der Waals surface area contributed by atoms with E-state index in [2.05, 4.69) is 44.6 Å². The van der Waals surface area contributed by atoms with Crippen molar-refractivity contribution >= 4 is 37.8 Å². The fraction of sp³-hybridized carbons (Fsp3) is 0.333. The first kappa shape index (κ1) is 23.2. The SMILES string of the molecule is COCCc1nc2c(N)nc3cc(-c4ccccc4)ccc3c2n1CCCCNS(C)(=O)=O. The molecule has 4 rings (SSSR count). The van der Waals surface area contributed by atoms with Crippen molar-refractivity contribution in [3.63, 3.8) is 0 Å². The smallest absolute Gasteiger partial charge is 0.208 e. The molecule has 0 radical (unpaired) electrons. The number of hydrogen-bond donors (Lipinski definition) is 2. The molecule has 3 N–H and O–H groups in total. The van der Waals surface area contributed by atoms with Crippen LogP contribution in [-0.2, 0) is 27.7 Å². The summed E-state index contributed by atoms with van der Waals surface area (Å²) in [6.45, 7) is 1.64. The van der Waals surface area contributed by atoms with Crippen LogP contribution in [0.2, 0.25) is 0 Å². The molecule has 0 aliphatic carbocycles. The van der Waals surface area contributed by atoms with Gasteiger partial charge >= 0.3 is 0 Å². The summed E-state index contributed by atoms with van der Waals surface area (Å²) >= 11 is 0. The molecule has 33 heavy (non-hydrogen) atoms. The highest BCUT2D eigenvalue weighted by atomic mass is 32.2. The summed E-state index contributed by atoms with van der Waals surface area (Å²) in [5.41, 5.74) is 11.0. The Hall–Kier alpha value is -3.01. The highest BCUT2D eigenvalue weighted by Crippen LogP contribution is 2.32. The zero-order valence-electron chi connectivity index (χ0n) is 18.9. The number of nitrogens with zero attached hydrogens (tertiary/aromatic N) is 3. The number of anilines is 1. The Morgan fingerprint density at radius 2 is 1.85 bits per heavy atom. The van der Waals surface area contributed by atoms with E-state index in [0.29, 0.717) is 43.9 Å². The number of aromatic nitrogens is 3. The lowest BCUT2D eigenvalue weighted by atomic mass is 10.0. The second kappa shape index (κ2) is 9.86. The third kappa shape index (κ3) is 5.32. The van der Waals surface area contributed by atoms with Gasteiger partial charge in [-0.15, -0.1) is 0 Å². The number of aryl methyl sites for hydroxylation is 1. The Balaban J connectivity index is 1.74. The predicted molar refractivity (Wildman–Crippen MR) is 133 cm³/mol. The van der Waals surface area contributed by atoms with E-state index >= 15 is 0 Å². The number of rotatable bonds is 10. The van der Waals surface area contributed by atoms with Crippen LogP contribution in [-0.4, -0.2) is 49.5 Å². The second-order valence-electron chi connectivity index (χ2n) is 8.09. The van der Waals surface area contributed by atoms with Gasteiger partial charge in [0.25, 0.3) is 0 Å². The Labute approximate surface area is 193 Å². The summed E-state index contributed by atoms with van der Waals surface area (Å²) in [5.74, 6) is 1.29. The fourth-order valence-corrected chi connectivity index (χ4v) is 4.56. The van der Waals surface area contributed by atoms with Gasteiger partial charge in [0.05, 0.1) is 23.9 Å². The number of hydrogen-bond acceptors (Lipinski definition) is 6. The van der Waals surface area contributed by atoms with Crippen molar-refractivity contribution in [1.82, 2.24) is 19.3 Å². The average molecular weight is 468 g/mol. The zero-order valence-corrected chi connectivity index (χ0v) is 19.7. The van der Waals surface area contributed by atoms with Gasteiger partial charge in [-0.25, -0.2) is 23.1 Å². The van der Waals surface area contributed by atoms with Crippen molar-refractivity contribution in [1.29, 1.82) is 0 Å². The monoisotopic (exact) mass is 467 g/mol. The molecule has 2 aromatic heterocycles. The lowest BCUT2D eigenvalue weighted by Crippen LogP contribution is -2.23. The number of sulfonamides is 1. The van der Waals surface area contributed by atoms with E-state index in [1.165, 1.54) is 6.26 Å². The first-order valence-corrected chi connectivity index (χ1v) is 12.8. The van der Waals surface area contributed by atoms with Gasteiger partial charge in [-0.3, -0.25) is 0 Å². The standard InChI is InChI=1S/C24H29N5O3S/c1-32-15-12-21-28-22-23(29(21)14-7-6-13-26-33(2,30)31)19-11-10-18(16-20(19)27-24(22)25)17-8-4-3-5-9-17/h3-5,8-11,16,26H,6-7,12-15H2,1-2H3,(H2,25,27). The van der Waals surface area contributed by atoms with Crippen molar-refractivity contribution in [3.05, 3.63) is 54.4 Å². The van der Waals surface area contributed by atoms with Crippen LogP contribution in [0.3, 0.4) is 0 Å². The molecule has 0 aliphatic rings. The van der Waals surface area contributed by atoms with Crippen LogP contribution in [0.25, 0.3) is 33.1 Å². The van der Waals surface area contributed by atoms with E-state index in [1.807, 2.05) is 18.2 Å². The maximum absolute atomic E-state index is 11.3. The highest BCUT2D eigenvalue weighted by Gasteiger charge is 2.17. The maximum Gasteiger partial charge on any atom is 0.208 e.